The van der Waals surface area contributed by atoms with Crippen molar-refractivity contribution in [3.05, 3.63) is 0 Å². The molecule has 1 atom stereocenters. The largest absolute Gasteiger partial charge is 0.379 e. The van der Waals surface area contributed by atoms with Crippen LogP contribution in [0.2, 0.25) is 0 Å². The fraction of sp³-hybridized carbons (Fsp3) is 0.917. The average Bonchev–Trinajstić information content (AvgIpc) is 2.35. The van der Waals surface area contributed by atoms with Gasteiger partial charge in [0.1, 0.15) is 0 Å². The number of nitrogens with one attached hydrogen (secondary N) is 2. The van der Waals surface area contributed by atoms with Crippen LogP contribution in [-0.4, -0.2) is 63.8 Å². The second-order valence-electron chi connectivity index (χ2n) is 4.66. The second kappa shape index (κ2) is 7.50. The minimum atomic E-state index is 0.531. The van der Waals surface area contributed by atoms with Crippen molar-refractivity contribution in [2.24, 2.45) is 10.9 Å². The number of ether oxygens (including phenoxy) is 1. The van der Waals surface area contributed by atoms with Crippen LogP contribution in [0, 0.1) is 5.92 Å². The van der Waals surface area contributed by atoms with Crippen LogP contribution in [0.3, 0.4) is 0 Å². The smallest absolute Gasteiger partial charge is 0.190 e. The summed E-state index contributed by atoms with van der Waals surface area (Å²) in [5.74, 6) is 1.47. The Hall–Kier alpha value is -0.810. The number of rotatable bonds is 4. The van der Waals surface area contributed by atoms with E-state index < -0.39 is 0 Å². The number of hydrogen-bond acceptors (Lipinski definition) is 3. The third-order valence-corrected chi connectivity index (χ3v) is 3.22. The summed E-state index contributed by atoms with van der Waals surface area (Å²) >= 11 is 0. The van der Waals surface area contributed by atoms with Gasteiger partial charge in [0.05, 0.1) is 13.2 Å². The number of morpholine rings is 1. The number of guanidine groups is 1. The summed E-state index contributed by atoms with van der Waals surface area (Å²) in [4.78, 5) is 6.64. The van der Waals surface area contributed by atoms with Crippen molar-refractivity contribution in [2.45, 2.75) is 19.9 Å². The van der Waals surface area contributed by atoms with Gasteiger partial charge in [0.2, 0.25) is 0 Å². The third-order valence-electron chi connectivity index (χ3n) is 3.22. The van der Waals surface area contributed by atoms with Gasteiger partial charge in [-0.15, -0.1) is 0 Å². The number of nitrogens with zero attached hydrogens (tertiary/aromatic N) is 2. The molecule has 1 saturated heterocycles. The Morgan fingerprint density at radius 1 is 1.35 bits per heavy atom. The molecule has 0 aromatic rings. The zero-order valence-corrected chi connectivity index (χ0v) is 11.5. The Morgan fingerprint density at radius 2 is 2.00 bits per heavy atom. The lowest BCUT2D eigenvalue weighted by Gasteiger charge is -2.37. The molecule has 2 N–H and O–H groups in total. The Morgan fingerprint density at radius 3 is 2.47 bits per heavy atom. The Kier molecular flexibility index (Phi) is 6.29. The normalized spacial score (nSPS) is 20.4. The lowest BCUT2D eigenvalue weighted by Crippen LogP contribution is -2.52. The predicted molar refractivity (Wildman–Crippen MR) is 71.4 cm³/mol. The standard InChI is InChI=1S/C12H26N4O/c1-10(2)11(9-15-12(13-3)14-4)16-5-7-17-8-6-16/h10-11H,5-9H2,1-4H3,(H2,13,14,15). The Labute approximate surface area is 105 Å². The average molecular weight is 242 g/mol. The van der Waals surface area contributed by atoms with E-state index in [1.165, 1.54) is 0 Å². The topological polar surface area (TPSA) is 48.9 Å². The van der Waals surface area contributed by atoms with Gasteiger partial charge in [-0.1, -0.05) is 13.8 Å². The van der Waals surface area contributed by atoms with E-state index in [0.29, 0.717) is 12.0 Å². The highest BCUT2D eigenvalue weighted by Crippen LogP contribution is 2.12. The van der Waals surface area contributed by atoms with Crippen molar-refractivity contribution in [1.82, 2.24) is 15.5 Å². The van der Waals surface area contributed by atoms with E-state index in [9.17, 15) is 0 Å². The van der Waals surface area contributed by atoms with Gasteiger partial charge in [-0.3, -0.25) is 9.89 Å². The fourth-order valence-electron chi connectivity index (χ4n) is 2.18. The quantitative estimate of drug-likeness (QED) is 0.544. The maximum atomic E-state index is 5.40. The zero-order chi connectivity index (χ0) is 12.7. The molecule has 0 saturated carbocycles. The maximum absolute atomic E-state index is 5.40. The van der Waals surface area contributed by atoms with Crippen LogP contribution in [-0.2, 0) is 4.74 Å². The Bertz CT molecular complexity index is 237. The van der Waals surface area contributed by atoms with Gasteiger partial charge in [0.15, 0.2) is 5.96 Å². The molecule has 0 bridgehead atoms. The summed E-state index contributed by atoms with van der Waals surface area (Å²) in [5.41, 5.74) is 0. The summed E-state index contributed by atoms with van der Waals surface area (Å²) in [5, 5.41) is 6.40. The molecular formula is C12H26N4O. The molecule has 17 heavy (non-hydrogen) atoms. The lowest BCUT2D eigenvalue weighted by atomic mass is 10.0. The van der Waals surface area contributed by atoms with Gasteiger partial charge in [0, 0.05) is 39.8 Å². The molecule has 1 unspecified atom stereocenters. The summed E-state index contributed by atoms with van der Waals surface area (Å²) in [6.45, 7) is 9.22. The van der Waals surface area contributed by atoms with E-state index in [4.69, 9.17) is 4.74 Å². The van der Waals surface area contributed by atoms with Crippen molar-refractivity contribution < 1.29 is 4.74 Å². The molecule has 1 fully saturated rings. The predicted octanol–water partition coefficient (Wildman–Crippen LogP) is 0.138. The van der Waals surface area contributed by atoms with Crippen molar-refractivity contribution >= 4 is 5.96 Å². The summed E-state index contributed by atoms with van der Waals surface area (Å²) in [6.07, 6.45) is 0. The minimum Gasteiger partial charge on any atom is -0.379 e. The highest BCUT2D eigenvalue weighted by Gasteiger charge is 2.23. The summed E-state index contributed by atoms with van der Waals surface area (Å²) < 4.78 is 5.40. The lowest BCUT2D eigenvalue weighted by molar-refractivity contribution is 0.00753. The van der Waals surface area contributed by atoms with Crippen LogP contribution in [0.4, 0.5) is 0 Å². The molecule has 1 heterocycles. The highest BCUT2D eigenvalue weighted by atomic mass is 16.5. The monoisotopic (exact) mass is 242 g/mol. The van der Waals surface area contributed by atoms with Crippen LogP contribution in [0.15, 0.2) is 4.99 Å². The molecule has 0 aliphatic carbocycles. The van der Waals surface area contributed by atoms with E-state index in [-0.39, 0.29) is 0 Å². The second-order valence-corrected chi connectivity index (χ2v) is 4.66. The first-order valence-corrected chi connectivity index (χ1v) is 6.39. The third kappa shape index (κ3) is 4.52. The van der Waals surface area contributed by atoms with Crippen LogP contribution in [0.25, 0.3) is 0 Å². The molecule has 0 radical (unpaired) electrons. The van der Waals surface area contributed by atoms with Gasteiger partial charge in [-0.05, 0) is 5.92 Å². The first-order valence-electron chi connectivity index (χ1n) is 6.39. The van der Waals surface area contributed by atoms with Gasteiger partial charge in [-0.2, -0.15) is 0 Å². The van der Waals surface area contributed by atoms with E-state index in [2.05, 4.69) is 34.4 Å². The molecule has 1 aliphatic rings. The van der Waals surface area contributed by atoms with Crippen molar-refractivity contribution in [1.29, 1.82) is 0 Å². The fourth-order valence-corrected chi connectivity index (χ4v) is 2.18. The van der Waals surface area contributed by atoms with E-state index >= 15 is 0 Å². The molecule has 1 aliphatic heterocycles. The molecule has 100 valence electrons. The van der Waals surface area contributed by atoms with Crippen LogP contribution >= 0.6 is 0 Å². The van der Waals surface area contributed by atoms with E-state index in [0.717, 1.165) is 38.8 Å². The van der Waals surface area contributed by atoms with E-state index in [1.54, 1.807) is 7.05 Å². The molecule has 0 aromatic carbocycles. The maximum Gasteiger partial charge on any atom is 0.190 e. The van der Waals surface area contributed by atoms with Crippen molar-refractivity contribution in [3.8, 4) is 0 Å². The zero-order valence-electron chi connectivity index (χ0n) is 11.5. The van der Waals surface area contributed by atoms with E-state index in [1.807, 2.05) is 7.05 Å². The molecule has 5 heteroatoms. The van der Waals surface area contributed by atoms with Crippen LogP contribution in [0.1, 0.15) is 13.8 Å². The van der Waals surface area contributed by atoms with Gasteiger partial charge in [0.25, 0.3) is 0 Å². The number of hydrogen-bond donors (Lipinski definition) is 2. The van der Waals surface area contributed by atoms with Crippen LogP contribution < -0.4 is 10.6 Å². The highest BCUT2D eigenvalue weighted by molar-refractivity contribution is 5.79. The molecule has 0 amide bonds. The summed E-state index contributed by atoms with van der Waals surface area (Å²) in [7, 11) is 3.67. The molecule has 1 rings (SSSR count). The first kappa shape index (κ1) is 14.3. The van der Waals surface area contributed by atoms with Gasteiger partial charge < -0.3 is 15.4 Å². The summed E-state index contributed by atoms with van der Waals surface area (Å²) in [6, 6.07) is 0.531. The number of aliphatic imine (C=N–C) groups is 1. The SMILES string of the molecule is CN=C(NC)NCC(C(C)C)N1CCOCC1. The molecule has 0 aromatic heterocycles. The molecular weight excluding hydrogens is 216 g/mol. The van der Waals surface area contributed by atoms with Crippen LogP contribution in [0.5, 0.6) is 0 Å². The first-order chi connectivity index (χ1) is 8.19. The minimum absolute atomic E-state index is 0.531. The Balaban J connectivity index is 2.47. The van der Waals surface area contributed by atoms with Crippen molar-refractivity contribution in [3.63, 3.8) is 0 Å². The van der Waals surface area contributed by atoms with Gasteiger partial charge in [-0.25, -0.2) is 0 Å². The van der Waals surface area contributed by atoms with Crippen molar-refractivity contribution in [2.75, 3.05) is 46.9 Å². The molecule has 0 spiro atoms. The van der Waals surface area contributed by atoms with Gasteiger partial charge >= 0.3 is 0 Å². The molecule has 5 nitrogen and oxygen atoms in total.